The van der Waals surface area contributed by atoms with Gasteiger partial charge in [0.25, 0.3) is 0 Å². The van der Waals surface area contributed by atoms with Crippen LogP contribution >= 0.6 is 0 Å². The minimum absolute atomic E-state index is 0.119. The second-order valence-corrected chi connectivity index (χ2v) is 7.75. The minimum atomic E-state index is -4.29. The normalized spacial score (nSPS) is 13.7. The van der Waals surface area contributed by atoms with Crippen molar-refractivity contribution in [2.75, 3.05) is 6.26 Å². The van der Waals surface area contributed by atoms with Gasteiger partial charge in [0.1, 0.15) is 12.3 Å². The summed E-state index contributed by atoms with van der Waals surface area (Å²) in [5.74, 6) is 10.9. The molecule has 152 valence electrons. The molecule has 2 aromatic rings. The Morgan fingerprint density at radius 2 is 1.90 bits per heavy atom. The van der Waals surface area contributed by atoms with Crippen molar-refractivity contribution in [2.24, 2.45) is 16.7 Å². The zero-order valence-electron chi connectivity index (χ0n) is 15.3. The number of nitrogens with one attached hydrogen (secondary N) is 1. The summed E-state index contributed by atoms with van der Waals surface area (Å²) in [5.41, 5.74) is -0.627. The summed E-state index contributed by atoms with van der Waals surface area (Å²) >= 11 is 0. The van der Waals surface area contributed by atoms with Crippen molar-refractivity contribution in [3.05, 3.63) is 65.7 Å². The molecule has 0 saturated carbocycles. The Balaban J connectivity index is 2.94. The van der Waals surface area contributed by atoms with Gasteiger partial charge in [-0.25, -0.2) is 28.8 Å². The first kappa shape index (κ1) is 22.0. The first-order chi connectivity index (χ1) is 13.7. The lowest BCUT2D eigenvalue weighted by atomic mass is 9.80. The Hall–Kier alpha value is -3.34. The zero-order valence-corrected chi connectivity index (χ0v) is 16.1. The highest BCUT2D eigenvalue weighted by atomic mass is 32.2. The SMILES string of the molecule is CS(=O)(=O)N(N)[C@](C(=O)O)(C(=C=O)c1ccccc1)c1cccc(N=CNN)c1. The second kappa shape index (κ2) is 8.78. The highest BCUT2D eigenvalue weighted by Crippen LogP contribution is 2.41. The molecule has 0 radical (unpaired) electrons. The van der Waals surface area contributed by atoms with E-state index >= 15 is 0 Å². The van der Waals surface area contributed by atoms with Gasteiger partial charge >= 0.3 is 5.97 Å². The first-order valence-corrected chi connectivity index (χ1v) is 9.93. The minimum Gasteiger partial charge on any atom is -0.479 e. The van der Waals surface area contributed by atoms with Crippen LogP contribution in [0.25, 0.3) is 5.57 Å². The van der Waals surface area contributed by atoms with Crippen LogP contribution in [-0.4, -0.2) is 42.4 Å². The predicted octanol–water partition coefficient (Wildman–Crippen LogP) is 0.140. The average molecular weight is 417 g/mol. The standard InChI is InChI=1S/C18H19N5O5S/c1-29(27,28)23(20)18(17(25)26,16(11-24)13-6-3-2-4-7-13)14-8-5-9-15(10-14)21-12-22-19/h2-10,12H,19-20H2,1H3,(H,21,22)(H,25,26)/t18-/m0/s1. The summed E-state index contributed by atoms with van der Waals surface area (Å²) in [6, 6.07) is 13.3. The average Bonchev–Trinajstić information content (AvgIpc) is 2.69. The van der Waals surface area contributed by atoms with E-state index in [0.717, 1.165) is 12.6 Å². The third-order valence-electron chi connectivity index (χ3n) is 4.08. The van der Waals surface area contributed by atoms with Gasteiger partial charge < -0.3 is 10.5 Å². The largest absolute Gasteiger partial charge is 0.479 e. The molecule has 0 unspecified atom stereocenters. The van der Waals surface area contributed by atoms with Crippen LogP contribution in [0, 0.1) is 0 Å². The summed E-state index contributed by atoms with van der Waals surface area (Å²) in [6.07, 6.45) is 1.88. The molecular weight excluding hydrogens is 398 g/mol. The molecule has 1 atom stereocenters. The molecule has 10 nitrogen and oxygen atoms in total. The van der Waals surface area contributed by atoms with Crippen molar-refractivity contribution >= 4 is 39.5 Å². The smallest absolute Gasteiger partial charge is 0.336 e. The van der Waals surface area contributed by atoms with Crippen LogP contribution in [0.5, 0.6) is 0 Å². The fourth-order valence-corrected chi connectivity index (χ4v) is 3.60. The number of nitrogens with zero attached hydrogens (tertiary/aromatic N) is 2. The van der Waals surface area contributed by atoms with Crippen LogP contribution in [0.3, 0.4) is 0 Å². The van der Waals surface area contributed by atoms with Crippen molar-refractivity contribution in [1.82, 2.24) is 9.84 Å². The highest BCUT2D eigenvalue weighted by molar-refractivity contribution is 7.88. The van der Waals surface area contributed by atoms with Gasteiger partial charge in [-0.1, -0.05) is 42.5 Å². The first-order valence-electron chi connectivity index (χ1n) is 8.08. The quantitative estimate of drug-likeness (QED) is 0.155. The molecule has 0 spiro atoms. The van der Waals surface area contributed by atoms with Gasteiger partial charge in [-0.3, -0.25) is 5.84 Å². The second-order valence-electron chi connectivity index (χ2n) is 5.89. The Bertz CT molecular complexity index is 1080. The van der Waals surface area contributed by atoms with Gasteiger partial charge in [-0.2, -0.15) is 0 Å². The molecule has 2 rings (SSSR count). The number of carbonyl (C=O) groups excluding carboxylic acids is 1. The van der Waals surface area contributed by atoms with E-state index in [1.54, 1.807) is 24.1 Å². The van der Waals surface area contributed by atoms with E-state index in [9.17, 15) is 23.1 Å². The number of aliphatic imine (C=N–C) groups is 1. The lowest BCUT2D eigenvalue weighted by molar-refractivity contribution is -0.145. The van der Waals surface area contributed by atoms with Crippen molar-refractivity contribution in [3.8, 4) is 0 Å². The maximum Gasteiger partial charge on any atom is 0.336 e. The number of carbonyl (C=O) groups is 1. The maximum atomic E-state index is 12.6. The molecular formula is C18H19N5O5S. The molecule has 0 saturated heterocycles. The van der Waals surface area contributed by atoms with E-state index in [1.165, 1.54) is 36.4 Å². The van der Waals surface area contributed by atoms with E-state index < -0.39 is 27.1 Å². The molecule has 0 fully saturated rings. The van der Waals surface area contributed by atoms with Crippen LogP contribution < -0.4 is 17.1 Å². The third-order valence-corrected chi connectivity index (χ3v) is 5.06. The van der Waals surface area contributed by atoms with Gasteiger partial charge in [0.2, 0.25) is 15.6 Å². The topological polar surface area (TPSA) is 168 Å². The van der Waals surface area contributed by atoms with Gasteiger partial charge in [0.15, 0.2) is 0 Å². The van der Waals surface area contributed by atoms with Crippen LogP contribution in [0.2, 0.25) is 0 Å². The van der Waals surface area contributed by atoms with E-state index in [-0.39, 0.29) is 21.2 Å². The van der Waals surface area contributed by atoms with E-state index in [0.29, 0.717) is 0 Å². The number of aliphatic carboxylic acids is 1. The van der Waals surface area contributed by atoms with Gasteiger partial charge in [-0.15, -0.1) is 4.41 Å². The van der Waals surface area contributed by atoms with Crippen LogP contribution in [0.15, 0.2) is 59.6 Å². The van der Waals surface area contributed by atoms with Crippen LogP contribution in [0.1, 0.15) is 11.1 Å². The van der Waals surface area contributed by atoms with Crippen molar-refractivity contribution < 1.29 is 23.1 Å². The van der Waals surface area contributed by atoms with E-state index in [4.69, 9.17) is 11.7 Å². The number of carboxylic acid groups (broad SMARTS) is 1. The van der Waals surface area contributed by atoms with E-state index in [2.05, 4.69) is 10.4 Å². The molecule has 0 aromatic heterocycles. The monoisotopic (exact) mass is 417 g/mol. The highest BCUT2D eigenvalue weighted by Gasteiger charge is 2.54. The lowest BCUT2D eigenvalue weighted by Gasteiger charge is -2.36. The number of sulfonamides is 1. The fraction of sp³-hybridized carbons (Fsp3) is 0.111. The predicted molar refractivity (Wildman–Crippen MR) is 108 cm³/mol. The van der Waals surface area contributed by atoms with Gasteiger partial charge in [-0.05, 0) is 23.3 Å². The van der Waals surface area contributed by atoms with Gasteiger partial charge in [0, 0.05) is 0 Å². The molecule has 0 amide bonds. The summed E-state index contributed by atoms with van der Waals surface area (Å²) in [5, 5.41) is 10.2. The summed E-state index contributed by atoms with van der Waals surface area (Å²) in [7, 11) is -4.29. The Morgan fingerprint density at radius 1 is 1.24 bits per heavy atom. The molecule has 0 bridgehead atoms. The number of carboxylic acids is 1. The van der Waals surface area contributed by atoms with Gasteiger partial charge in [0.05, 0.1) is 17.5 Å². The number of rotatable bonds is 8. The fourth-order valence-electron chi connectivity index (χ4n) is 2.82. The zero-order chi connectivity index (χ0) is 21.7. The molecule has 11 heteroatoms. The molecule has 29 heavy (non-hydrogen) atoms. The number of hydrogen-bond acceptors (Lipinski definition) is 7. The summed E-state index contributed by atoms with van der Waals surface area (Å²) in [6.45, 7) is 0. The number of hydrazine groups is 2. The van der Waals surface area contributed by atoms with Crippen molar-refractivity contribution in [2.45, 2.75) is 5.54 Å². The van der Waals surface area contributed by atoms with Crippen molar-refractivity contribution in [3.63, 3.8) is 0 Å². The van der Waals surface area contributed by atoms with Crippen molar-refractivity contribution in [1.29, 1.82) is 0 Å². The summed E-state index contributed by atoms with van der Waals surface area (Å²) in [4.78, 5) is 28.5. The number of nitrogens with two attached hydrogens (primary N) is 2. The molecule has 6 N–H and O–H groups in total. The maximum absolute atomic E-state index is 12.6. The Kier molecular flexibility index (Phi) is 6.64. The number of benzene rings is 2. The molecule has 0 heterocycles. The molecule has 0 aliphatic heterocycles. The Labute approximate surface area is 167 Å². The summed E-state index contributed by atoms with van der Waals surface area (Å²) < 4.78 is 24.7. The third kappa shape index (κ3) is 4.24. The van der Waals surface area contributed by atoms with Crippen LogP contribution in [0.4, 0.5) is 5.69 Å². The van der Waals surface area contributed by atoms with E-state index in [1.807, 2.05) is 0 Å². The Morgan fingerprint density at radius 3 is 2.41 bits per heavy atom. The molecule has 2 aromatic carbocycles. The lowest BCUT2D eigenvalue weighted by Crippen LogP contribution is -2.58. The molecule has 0 aliphatic rings. The number of hydrogen-bond donors (Lipinski definition) is 4. The van der Waals surface area contributed by atoms with Crippen LogP contribution in [-0.2, 0) is 25.2 Å². The molecule has 0 aliphatic carbocycles.